The van der Waals surface area contributed by atoms with E-state index >= 15 is 0 Å². The van der Waals surface area contributed by atoms with Crippen LogP contribution in [0.5, 0.6) is 0 Å². The number of pyridine rings is 2. The van der Waals surface area contributed by atoms with E-state index in [4.69, 9.17) is 0 Å². The molecule has 2 bridgehead atoms. The zero-order valence-corrected chi connectivity index (χ0v) is 18.1. The van der Waals surface area contributed by atoms with Gasteiger partial charge in [0.25, 0.3) is 5.91 Å². The van der Waals surface area contributed by atoms with Crippen molar-refractivity contribution in [2.24, 2.45) is 11.8 Å². The van der Waals surface area contributed by atoms with Crippen LogP contribution in [0, 0.1) is 11.8 Å². The van der Waals surface area contributed by atoms with Gasteiger partial charge in [0.05, 0.1) is 11.4 Å². The molecule has 4 aromatic rings. The quantitative estimate of drug-likeness (QED) is 0.431. The van der Waals surface area contributed by atoms with Gasteiger partial charge in [-0.25, -0.2) is 4.98 Å². The molecule has 2 saturated carbocycles. The Morgan fingerprint density at radius 2 is 1.94 bits per heavy atom. The first-order chi connectivity index (χ1) is 16.1. The molecule has 0 aliphatic heterocycles. The molecular weight excluding hydrogens is 414 g/mol. The Kier molecular flexibility index (Phi) is 4.75. The van der Waals surface area contributed by atoms with Gasteiger partial charge >= 0.3 is 0 Å². The average Bonchev–Trinajstić information content (AvgIpc) is 3.57. The summed E-state index contributed by atoms with van der Waals surface area (Å²) in [5.41, 5.74) is 4.70. The largest absolute Gasteiger partial charge is 0.352 e. The van der Waals surface area contributed by atoms with Gasteiger partial charge in [0.1, 0.15) is 0 Å². The van der Waals surface area contributed by atoms with E-state index < -0.39 is 0 Å². The summed E-state index contributed by atoms with van der Waals surface area (Å²) in [6.45, 7) is 0. The third kappa shape index (κ3) is 3.69. The molecule has 3 heterocycles. The maximum absolute atomic E-state index is 12.7. The van der Waals surface area contributed by atoms with Gasteiger partial charge in [-0.15, -0.1) is 0 Å². The molecule has 33 heavy (non-hydrogen) atoms. The normalized spacial score (nSPS) is 21.4. The summed E-state index contributed by atoms with van der Waals surface area (Å²) >= 11 is 0. The van der Waals surface area contributed by atoms with E-state index in [0.717, 1.165) is 40.6 Å². The summed E-state index contributed by atoms with van der Waals surface area (Å²) in [7, 11) is 0. The molecule has 2 aliphatic rings. The molecule has 2 fully saturated rings. The zero-order valence-electron chi connectivity index (χ0n) is 18.1. The SMILES string of the molecule is O=C(NC1CC2CCC1C2)c1ccc(Nc2ccc(-c3cc[nH]c(=O)c3)n3ccnc23)cc1. The minimum atomic E-state index is -0.146. The van der Waals surface area contributed by atoms with Crippen molar-refractivity contribution in [1.29, 1.82) is 0 Å². The molecule has 1 amide bonds. The zero-order chi connectivity index (χ0) is 22.4. The Hall–Kier alpha value is -3.87. The summed E-state index contributed by atoms with van der Waals surface area (Å²) in [6, 6.07) is 15.2. The van der Waals surface area contributed by atoms with E-state index in [2.05, 4.69) is 20.6 Å². The van der Waals surface area contributed by atoms with Gasteiger partial charge in [0, 0.05) is 47.5 Å². The number of anilines is 2. The Balaban J connectivity index is 1.20. The number of carbonyl (C=O) groups is 1. The summed E-state index contributed by atoms with van der Waals surface area (Å²) in [5, 5.41) is 6.65. The summed E-state index contributed by atoms with van der Waals surface area (Å²) in [6.07, 6.45) is 10.2. The minimum absolute atomic E-state index is 0.0111. The molecule has 0 spiro atoms. The van der Waals surface area contributed by atoms with Gasteiger partial charge in [-0.05, 0) is 73.6 Å². The van der Waals surface area contributed by atoms with Crippen LogP contribution in [0.3, 0.4) is 0 Å². The number of amides is 1. The van der Waals surface area contributed by atoms with Crippen LogP contribution >= 0.6 is 0 Å². The van der Waals surface area contributed by atoms with Crippen LogP contribution in [0.2, 0.25) is 0 Å². The molecule has 1 aromatic carbocycles. The van der Waals surface area contributed by atoms with Gasteiger partial charge in [0.2, 0.25) is 5.56 Å². The number of nitrogens with one attached hydrogen (secondary N) is 3. The van der Waals surface area contributed by atoms with Crippen LogP contribution in [-0.4, -0.2) is 26.3 Å². The third-order valence-electron chi connectivity index (χ3n) is 7.10. The molecular formula is C26H25N5O2. The van der Waals surface area contributed by atoms with E-state index in [-0.39, 0.29) is 11.5 Å². The van der Waals surface area contributed by atoms with Crippen LogP contribution < -0.4 is 16.2 Å². The summed E-state index contributed by atoms with van der Waals surface area (Å²) < 4.78 is 1.95. The van der Waals surface area contributed by atoms with Gasteiger partial charge in [-0.2, -0.15) is 0 Å². The third-order valence-corrected chi connectivity index (χ3v) is 7.10. The van der Waals surface area contributed by atoms with Crippen molar-refractivity contribution in [2.45, 2.75) is 31.7 Å². The Morgan fingerprint density at radius 3 is 2.70 bits per heavy atom. The number of aromatic amines is 1. The lowest BCUT2D eigenvalue weighted by Gasteiger charge is -2.22. The first-order valence-electron chi connectivity index (χ1n) is 11.5. The topological polar surface area (TPSA) is 91.3 Å². The number of nitrogens with zero attached hydrogens (tertiary/aromatic N) is 2. The lowest BCUT2D eigenvalue weighted by Crippen LogP contribution is -2.38. The van der Waals surface area contributed by atoms with E-state index in [1.165, 1.54) is 19.3 Å². The molecule has 7 heteroatoms. The second kappa shape index (κ2) is 7.92. The highest BCUT2D eigenvalue weighted by molar-refractivity contribution is 5.95. The summed E-state index contributed by atoms with van der Waals surface area (Å²) in [5.74, 6) is 1.48. The molecule has 7 nitrogen and oxygen atoms in total. The number of hydrogen-bond acceptors (Lipinski definition) is 4. The van der Waals surface area contributed by atoms with Crippen molar-refractivity contribution >= 4 is 22.9 Å². The molecule has 166 valence electrons. The van der Waals surface area contributed by atoms with Crippen LogP contribution in [0.25, 0.3) is 16.9 Å². The van der Waals surface area contributed by atoms with Gasteiger partial charge < -0.3 is 15.6 Å². The first kappa shape index (κ1) is 19.8. The summed E-state index contributed by atoms with van der Waals surface area (Å²) in [4.78, 5) is 31.6. The van der Waals surface area contributed by atoms with Gasteiger partial charge in [0.15, 0.2) is 5.65 Å². The van der Waals surface area contributed by atoms with E-state index in [1.807, 2.05) is 53.1 Å². The fraction of sp³-hybridized carbons (Fsp3) is 0.269. The van der Waals surface area contributed by atoms with Crippen LogP contribution in [0.1, 0.15) is 36.0 Å². The van der Waals surface area contributed by atoms with E-state index in [0.29, 0.717) is 17.5 Å². The number of H-pyrrole nitrogens is 1. The second-order valence-corrected chi connectivity index (χ2v) is 9.15. The molecule has 0 radical (unpaired) electrons. The highest BCUT2D eigenvalue weighted by atomic mass is 16.1. The molecule has 0 saturated heterocycles. The average molecular weight is 440 g/mol. The Labute approximate surface area is 190 Å². The molecule has 2 aliphatic carbocycles. The van der Waals surface area contributed by atoms with Gasteiger partial charge in [-0.3, -0.25) is 14.0 Å². The number of rotatable bonds is 5. The van der Waals surface area contributed by atoms with Crippen molar-refractivity contribution in [1.82, 2.24) is 19.7 Å². The predicted octanol–water partition coefficient (Wildman–Crippen LogP) is 4.35. The van der Waals surface area contributed by atoms with Crippen LogP contribution in [-0.2, 0) is 0 Å². The molecule has 3 N–H and O–H groups in total. The van der Waals surface area contributed by atoms with Crippen molar-refractivity contribution in [2.75, 3.05) is 5.32 Å². The maximum atomic E-state index is 12.7. The van der Waals surface area contributed by atoms with E-state index in [9.17, 15) is 9.59 Å². The standard InChI is InChI=1S/C26H25N5O2/c32-24-15-19(9-10-27-24)23-8-7-21(25-28-11-12-31(23)25)29-20-5-3-17(4-6-20)26(33)30-22-14-16-1-2-18(22)13-16/h3-12,15-16,18,22,29H,1-2,13-14H2,(H,27,32)(H,30,33). The van der Waals surface area contributed by atoms with Crippen molar-refractivity contribution in [3.8, 4) is 11.3 Å². The van der Waals surface area contributed by atoms with E-state index in [1.54, 1.807) is 18.5 Å². The number of imidazole rings is 1. The van der Waals surface area contributed by atoms with Crippen molar-refractivity contribution in [3.63, 3.8) is 0 Å². The monoisotopic (exact) mass is 439 g/mol. The number of benzene rings is 1. The van der Waals surface area contributed by atoms with Crippen LogP contribution in [0.4, 0.5) is 11.4 Å². The highest BCUT2D eigenvalue weighted by Gasteiger charge is 2.40. The first-order valence-corrected chi connectivity index (χ1v) is 11.5. The Morgan fingerprint density at radius 1 is 1.06 bits per heavy atom. The fourth-order valence-electron chi connectivity index (χ4n) is 5.48. The molecule has 3 aromatic heterocycles. The molecule has 3 unspecified atom stereocenters. The fourth-order valence-corrected chi connectivity index (χ4v) is 5.48. The highest BCUT2D eigenvalue weighted by Crippen LogP contribution is 2.44. The van der Waals surface area contributed by atoms with Crippen LogP contribution in [0.15, 0.2) is 71.9 Å². The van der Waals surface area contributed by atoms with Crippen molar-refractivity contribution < 1.29 is 4.79 Å². The number of fused-ring (bicyclic) bond motifs is 3. The molecule has 6 rings (SSSR count). The maximum Gasteiger partial charge on any atom is 0.251 e. The number of carbonyl (C=O) groups excluding carboxylic acids is 1. The minimum Gasteiger partial charge on any atom is -0.352 e. The Bertz CT molecular complexity index is 1390. The lowest BCUT2D eigenvalue weighted by atomic mass is 9.95. The van der Waals surface area contributed by atoms with Gasteiger partial charge in [-0.1, -0.05) is 6.42 Å². The number of hydrogen-bond donors (Lipinski definition) is 3. The van der Waals surface area contributed by atoms with Crippen molar-refractivity contribution in [3.05, 3.63) is 83.0 Å². The molecule has 3 atom stereocenters. The number of aromatic nitrogens is 3. The lowest BCUT2D eigenvalue weighted by molar-refractivity contribution is 0.0923. The second-order valence-electron chi connectivity index (χ2n) is 9.15. The predicted molar refractivity (Wildman–Crippen MR) is 128 cm³/mol. The smallest absolute Gasteiger partial charge is 0.251 e.